The highest BCUT2D eigenvalue weighted by Gasteiger charge is 2.30. The van der Waals surface area contributed by atoms with Gasteiger partial charge >= 0.3 is 0 Å². The van der Waals surface area contributed by atoms with Crippen molar-refractivity contribution in [3.05, 3.63) is 87.5 Å². The number of nitrogens with one attached hydrogen (secondary N) is 2. The van der Waals surface area contributed by atoms with E-state index in [1.54, 1.807) is 12.1 Å². The lowest BCUT2D eigenvalue weighted by Gasteiger charge is -2.24. The van der Waals surface area contributed by atoms with Crippen molar-refractivity contribution in [2.24, 2.45) is 0 Å². The molecule has 136 valence electrons. The molecular formula is C20H16FN3O2S. The molecule has 1 unspecified atom stereocenters. The van der Waals surface area contributed by atoms with E-state index in [1.807, 2.05) is 30.3 Å². The van der Waals surface area contributed by atoms with Crippen LogP contribution < -0.4 is 10.9 Å². The summed E-state index contributed by atoms with van der Waals surface area (Å²) in [4.78, 5) is 32.1. The van der Waals surface area contributed by atoms with E-state index in [4.69, 9.17) is 0 Å². The van der Waals surface area contributed by atoms with E-state index in [0.29, 0.717) is 22.0 Å². The first-order chi connectivity index (χ1) is 13.1. The van der Waals surface area contributed by atoms with E-state index in [2.05, 4.69) is 15.3 Å². The molecule has 3 aromatic rings. The van der Waals surface area contributed by atoms with E-state index >= 15 is 0 Å². The number of halogens is 1. The van der Waals surface area contributed by atoms with Gasteiger partial charge in [0.2, 0.25) is 5.91 Å². The smallest absolute Gasteiger partial charge is 0.257 e. The lowest BCUT2D eigenvalue weighted by atomic mass is 9.87. The molecule has 27 heavy (non-hydrogen) atoms. The van der Waals surface area contributed by atoms with Crippen LogP contribution in [0.3, 0.4) is 0 Å². The van der Waals surface area contributed by atoms with Gasteiger partial charge in [0.25, 0.3) is 5.56 Å². The maximum Gasteiger partial charge on any atom is 0.257 e. The molecule has 0 bridgehead atoms. The molecule has 0 saturated carbocycles. The number of thioether (sulfide) groups is 1. The molecule has 2 aromatic carbocycles. The average molecular weight is 381 g/mol. The van der Waals surface area contributed by atoms with Gasteiger partial charge in [0.05, 0.1) is 5.56 Å². The summed E-state index contributed by atoms with van der Waals surface area (Å²) >= 11 is 1.39. The average Bonchev–Trinajstić information content (AvgIpc) is 2.67. The van der Waals surface area contributed by atoms with Gasteiger partial charge in [-0.2, -0.15) is 0 Å². The number of amides is 1. The number of hydrogen-bond donors (Lipinski definition) is 2. The first-order valence-corrected chi connectivity index (χ1v) is 9.45. The number of H-pyrrole nitrogens is 1. The van der Waals surface area contributed by atoms with E-state index in [0.717, 1.165) is 5.56 Å². The Hall–Kier alpha value is -2.93. The number of anilines is 1. The van der Waals surface area contributed by atoms with Crippen LogP contribution in [0.25, 0.3) is 0 Å². The largest absolute Gasteiger partial charge is 0.310 e. The molecule has 2 heterocycles. The van der Waals surface area contributed by atoms with Crippen LogP contribution in [0.5, 0.6) is 0 Å². The van der Waals surface area contributed by atoms with Crippen LogP contribution in [-0.2, 0) is 10.5 Å². The molecule has 1 aliphatic heterocycles. The second-order valence-electron chi connectivity index (χ2n) is 6.26. The molecule has 0 fully saturated rings. The quantitative estimate of drug-likeness (QED) is 0.534. The Kier molecular flexibility index (Phi) is 4.77. The third-order valence-electron chi connectivity index (χ3n) is 4.42. The van der Waals surface area contributed by atoms with Crippen LogP contribution in [0, 0.1) is 5.82 Å². The highest BCUT2D eigenvalue weighted by molar-refractivity contribution is 7.98. The first-order valence-electron chi connectivity index (χ1n) is 8.46. The number of rotatable bonds is 4. The van der Waals surface area contributed by atoms with Crippen LogP contribution in [0.1, 0.15) is 29.0 Å². The lowest BCUT2D eigenvalue weighted by Crippen LogP contribution is -2.31. The summed E-state index contributed by atoms with van der Waals surface area (Å²) in [6, 6.07) is 15.7. The van der Waals surface area contributed by atoms with Gasteiger partial charge in [-0.15, -0.1) is 0 Å². The number of aromatic amines is 1. The van der Waals surface area contributed by atoms with Crippen LogP contribution in [0.4, 0.5) is 10.2 Å². The fourth-order valence-electron chi connectivity index (χ4n) is 3.12. The second kappa shape index (κ2) is 7.36. The minimum Gasteiger partial charge on any atom is -0.310 e. The fraction of sp³-hybridized carbons (Fsp3) is 0.150. The van der Waals surface area contributed by atoms with Gasteiger partial charge in [0, 0.05) is 18.1 Å². The molecule has 1 atom stereocenters. The predicted octanol–water partition coefficient (Wildman–Crippen LogP) is 3.68. The van der Waals surface area contributed by atoms with Crippen LogP contribution >= 0.6 is 11.8 Å². The number of hydrogen-bond acceptors (Lipinski definition) is 4. The number of benzene rings is 2. The molecule has 7 heteroatoms. The van der Waals surface area contributed by atoms with Crippen LogP contribution in [0.15, 0.2) is 64.5 Å². The standard InChI is InChI=1S/C20H16FN3O2S/c21-14-8-6-13(7-9-14)15-10-16(25)22-18-17(15)19(26)24-20(23-18)27-11-12-4-2-1-3-5-12/h1-9,15H,10-11H2,(H2,22,23,24,25,26). The van der Waals surface area contributed by atoms with Gasteiger partial charge in [0.15, 0.2) is 5.16 Å². The summed E-state index contributed by atoms with van der Waals surface area (Å²) in [7, 11) is 0. The Bertz CT molecular complexity index is 1040. The second-order valence-corrected chi connectivity index (χ2v) is 7.23. The van der Waals surface area contributed by atoms with Crippen molar-refractivity contribution in [1.82, 2.24) is 9.97 Å². The normalized spacial score (nSPS) is 15.9. The molecule has 4 rings (SSSR count). The van der Waals surface area contributed by atoms with E-state index in [1.165, 1.54) is 23.9 Å². The third-order valence-corrected chi connectivity index (χ3v) is 5.36. The maximum atomic E-state index is 13.2. The summed E-state index contributed by atoms with van der Waals surface area (Å²) in [6.07, 6.45) is 0.125. The molecule has 0 spiro atoms. The van der Waals surface area contributed by atoms with E-state index < -0.39 is 5.92 Å². The van der Waals surface area contributed by atoms with Gasteiger partial charge in [-0.05, 0) is 23.3 Å². The SMILES string of the molecule is O=C1CC(c2ccc(F)cc2)c2c(nc(SCc3ccccc3)[nH]c2=O)N1. The van der Waals surface area contributed by atoms with Crippen molar-refractivity contribution < 1.29 is 9.18 Å². The third kappa shape index (κ3) is 3.78. The van der Waals surface area contributed by atoms with Gasteiger partial charge < -0.3 is 10.3 Å². The number of aromatic nitrogens is 2. The van der Waals surface area contributed by atoms with Crippen molar-refractivity contribution in [2.45, 2.75) is 23.2 Å². The summed E-state index contributed by atoms with van der Waals surface area (Å²) in [5.74, 6) is -0.0933. The van der Waals surface area contributed by atoms with Crippen LogP contribution in [-0.4, -0.2) is 15.9 Å². The topological polar surface area (TPSA) is 74.8 Å². The van der Waals surface area contributed by atoms with E-state index in [9.17, 15) is 14.0 Å². The van der Waals surface area contributed by atoms with Gasteiger partial charge in [-0.25, -0.2) is 9.37 Å². The molecular weight excluding hydrogens is 365 g/mol. The molecule has 1 amide bonds. The molecule has 0 aliphatic carbocycles. The van der Waals surface area contributed by atoms with Crippen molar-refractivity contribution in [1.29, 1.82) is 0 Å². The van der Waals surface area contributed by atoms with Crippen molar-refractivity contribution in [3.63, 3.8) is 0 Å². The minimum atomic E-state index is -0.446. The Morgan fingerprint density at radius 3 is 2.56 bits per heavy atom. The number of nitrogens with zero attached hydrogens (tertiary/aromatic N) is 1. The summed E-state index contributed by atoms with van der Waals surface area (Å²) in [5.41, 5.74) is 1.94. The minimum absolute atomic E-state index is 0.125. The summed E-state index contributed by atoms with van der Waals surface area (Å²) < 4.78 is 13.2. The highest BCUT2D eigenvalue weighted by atomic mass is 32.2. The van der Waals surface area contributed by atoms with Crippen molar-refractivity contribution >= 4 is 23.5 Å². The Morgan fingerprint density at radius 1 is 1.07 bits per heavy atom. The fourth-order valence-corrected chi connectivity index (χ4v) is 3.94. The Balaban J connectivity index is 1.66. The first kappa shape index (κ1) is 17.5. The van der Waals surface area contributed by atoms with Gasteiger partial charge in [-0.3, -0.25) is 9.59 Å². The molecule has 5 nitrogen and oxygen atoms in total. The molecule has 0 radical (unpaired) electrons. The highest BCUT2D eigenvalue weighted by Crippen LogP contribution is 2.34. The van der Waals surface area contributed by atoms with Crippen molar-refractivity contribution in [2.75, 3.05) is 5.32 Å². The van der Waals surface area contributed by atoms with Crippen molar-refractivity contribution in [3.8, 4) is 0 Å². The zero-order chi connectivity index (χ0) is 18.8. The van der Waals surface area contributed by atoms with Crippen LogP contribution in [0.2, 0.25) is 0 Å². The maximum absolute atomic E-state index is 13.2. The Labute approximate surface area is 159 Å². The number of carbonyl (C=O) groups is 1. The lowest BCUT2D eigenvalue weighted by molar-refractivity contribution is -0.116. The monoisotopic (exact) mass is 381 g/mol. The predicted molar refractivity (Wildman–Crippen MR) is 102 cm³/mol. The Morgan fingerprint density at radius 2 is 1.81 bits per heavy atom. The molecule has 2 N–H and O–H groups in total. The number of fused-ring (bicyclic) bond motifs is 1. The zero-order valence-electron chi connectivity index (χ0n) is 14.2. The van der Waals surface area contributed by atoms with Gasteiger partial charge in [-0.1, -0.05) is 54.2 Å². The molecule has 0 saturated heterocycles. The zero-order valence-corrected chi connectivity index (χ0v) is 15.1. The molecule has 1 aliphatic rings. The number of carbonyl (C=O) groups excluding carboxylic acids is 1. The summed E-state index contributed by atoms with van der Waals surface area (Å²) in [6.45, 7) is 0. The van der Waals surface area contributed by atoms with Gasteiger partial charge in [0.1, 0.15) is 11.6 Å². The molecule has 1 aromatic heterocycles. The van der Waals surface area contributed by atoms with E-state index in [-0.39, 0.29) is 29.5 Å². The summed E-state index contributed by atoms with van der Waals surface area (Å²) in [5, 5.41) is 3.14.